The van der Waals surface area contributed by atoms with Crippen LogP contribution >= 0.6 is 23.2 Å². The highest BCUT2D eigenvalue weighted by Crippen LogP contribution is 2.36. The molecule has 46 heavy (non-hydrogen) atoms. The zero-order chi connectivity index (χ0) is 32.5. The van der Waals surface area contributed by atoms with E-state index in [0.29, 0.717) is 49.3 Å². The van der Waals surface area contributed by atoms with Gasteiger partial charge in [-0.3, -0.25) is 14.0 Å². The smallest absolute Gasteiger partial charge is 0.312 e. The molecule has 1 saturated heterocycles. The molecule has 3 aromatic heterocycles. The van der Waals surface area contributed by atoms with E-state index in [1.54, 1.807) is 53.0 Å². The summed E-state index contributed by atoms with van der Waals surface area (Å²) in [5.41, 5.74) is 3.01. The number of ether oxygens (including phenoxy) is 1. The van der Waals surface area contributed by atoms with Crippen LogP contribution < -0.4 is 5.32 Å². The van der Waals surface area contributed by atoms with Crippen LogP contribution in [0.5, 0.6) is 0 Å². The quantitative estimate of drug-likeness (QED) is 0.182. The lowest BCUT2D eigenvalue weighted by molar-refractivity contribution is -0.146. The number of hydrogen-bond donors (Lipinski definition) is 1. The van der Waals surface area contributed by atoms with Gasteiger partial charge >= 0.3 is 5.97 Å². The molecule has 0 spiro atoms. The lowest BCUT2D eigenvalue weighted by atomic mass is 9.89. The normalized spacial score (nSPS) is 14.5. The van der Waals surface area contributed by atoms with Gasteiger partial charge in [0.25, 0.3) is 0 Å². The van der Waals surface area contributed by atoms with Crippen molar-refractivity contribution in [2.75, 3.05) is 24.2 Å². The van der Waals surface area contributed by atoms with Crippen molar-refractivity contribution in [2.24, 2.45) is 0 Å². The molecule has 0 bridgehead atoms. The van der Waals surface area contributed by atoms with Crippen LogP contribution in [0.25, 0.3) is 22.3 Å². The van der Waals surface area contributed by atoms with Crippen LogP contribution in [0.4, 0.5) is 11.4 Å². The van der Waals surface area contributed by atoms with Gasteiger partial charge < -0.3 is 10.1 Å². The maximum absolute atomic E-state index is 12.9. The molecule has 0 amide bonds. The molecule has 1 aliphatic rings. The predicted octanol–water partition coefficient (Wildman–Crippen LogP) is 5.36. The molecule has 0 saturated carbocycles. The summed E-state index contributed by atoms with van der Waals surface area (Å²) in [6.45, 7) is 1.87. The summed E-state index contributed by atoms with van der Waals surface area (Å²) >= 11 is 12.6. The summed E-state index contributed by atoms with van der Waals surface area (Å²) in [7, 11) is -3.37. The van der Waals surface area contributed by atoms with Gasteiger partial charge in [0.1, 0.15) is 17.5 Å². The minimum absolute atomic E-state index is 0.00526. The Bertz CT molecular complexity index is 2060. The maximum atomic E-state index is 12.9. The van der Waals surface area contributed by atoms with Crippen molar-refractivity contribution in [3.8, 4) is 17.3 Å². The second kappa shape index (κ2) is 12.7. The van der Waals surface area contributed by atoms with Gasteiger partial charge in [-0.2, -0.15) is 14.7 Å². The number of halogens is 2. The highest BCUT2D eigenvalue weighted by atomic mass is 35.5. The summed E-state index contributed by atoms with van der Waals surface area (Å²) in [5, 5.41) is 18.8. The monoisotopic (exact) mass is 678 g/mol. The van der Waals surface area contributed by atoms with Gasteiger partial charge in [-0.05, 0) is 36.8 Å². The SMILES string of the molecule is CCS(=O)(=O)N1CC(CC#N)(n2cc(-c3ncnc4c3ccn4COC(=O)Cc3ccccc3Nc3c(Cl)cccc3Cl)cn2)C1. The van der Waals surface area contributed by atoms with Gasteiger partial charge in [0.15, 0.2) is 6.73 Å². The zero-order valence-corrected chi connectivity index (χ0v) is 26.9. The van der Waals surface area contributed by atoms with E-state index in [1.807, 2.05) is 30.3 Å². The molecule has 15 heteroatoms. The van der Waals surface area contributed by atoms with E-state index in [2.05, 4.69) is 26.5 Å². The van der Waals surface area contributed by atoms with Crippen molar-refractivity contribution < 1.29 is 17.9 Å². The maximum Gasteiger partial charge on any atom is 0.312 e. The highest BCUT2D eigenvalue weighted by Gasteiger charge is 2.49. The van der Waals surface area contributed by atoms with Crippen molar-refractivity contribution in [1.29, 1.82) is 5.26 Å². The van der Waals surface area contributed by atoms with Gasteiger partial charge in [0, 0.05) is 42.1 Å². The number of fused-ring (bicyclic) bond motifs is 1. The Hall–Kier alpha value is -4.48. The number of nitrogens with zero attached hydrogens (tertiary/aromatic N) is 7. The molecule has 0 atom stereocenters. The van der Waals surface area contributed by atoms with Crippen LogP contribution in [-0.2, 0) is 38.2 Å². The van der Waals surface area contributed by atoms with Crippen molar-refractivity contribution in [3.63, 3.8) is 0 Å². The lowest BCUT2D eigenvalue weighted by Crippen LogP contribution is -2.64. The molecule has 1 aliphatic heterocycles. The molecular weight excluding hydrogens is 651 g/mol. The number of carbonyl (C=O) groups excluding carboxylic acids is 1. The molecule has 2 aromatic carbocycles. The van der Waals surface area contributed by atoms with E-state index in [0.717, 1.165) is 0 Å². The zero-order valence-electron chi connectivity index (χ0n) is 24.6. The van der Waals surface area contributed by atoms with E-state index in [-0.39, 0.29) is 38.4 Å². The van der Waals surface area contributed by atoms with Gasteiger partial charge in [-0.15, -0.1) is 0 Å². The van der Waals surface area contributed by atoms with Crippen molar-refractivity contribution in [2.45, 2.75) is 32.0 Å². The number of aromatic nitrogens is 5. The number of benzene rings is 2. The Kier molecular flexibility index (Phi) is 8.71. The fourth-order valence-corrected chi connectivity index (χ4v) is 7.14. The van der Waals surface area contributed by atoms with Crippen LogP contribution in [-0.4, -0.2) is 61.9 Å². The Labute approximate surface area is 275 Å². The van der Waals surface area contributed by atoms with Gasteiger partial charge in [-0.25, -0.2) is 18.4 Å². The number of anilines is 2. The Morgan fingerprint density at radius 2 is 1.87 bits per heavy atom. The van der Waals surface area contributed by atoms with Gasteiger partial charge in [0.2, 0.25) is 10.0 Å². The summed E-state index contributed by atoms with van der Waals surface area (Å²) < 4.78 is 35.0. The summed E-state index contributed by atoms with van der Waals surface area (Å²) in [6.07, 6.45) is 6.69. The first-order chi connectivity index (χ1) is 22.1. The van der Waals surface area contributed by atoms with Gasteiger partial charge in [0.05, 0.1) is 52.3 Å². The molecule has 236 valence electrons. The highest BCUT2D eigenvalue weighted by molar-refractivity contribution is 7.89. The number of nitriles is 1. The van der Waals surface area contributed by atoms with Crippen molar-refractivity contribution in [3.05, 3.63) is 89.1 Å². The first-order valence-corrected chi connectivity index (χ1v) is 16.7. The van der Waals surface area contributed by atoms with Gasteiger partial charge in [-0.1, -0.05) is 47.5 Å². The molecule has 1 fully saturated rings. The number of esters is 1. The summed E-state index contributed by atoms with van der Waals surface area (Å²) in [5.74, 6) is -0.450. The summed E-state index contributed by atoms with van der Waals surface area (Å²) in [4.78, 5) is 21.8. The number of sulfonamides is 1. The molecule has 0 radical (unpaired) electrons. The average Bonchev–Trinajstić information content (AvgIpc) is 3.68. The van der Waals surface area contributed by atoms with Crippen LogP contribution in [0.3, 0.4) is 0 Å². The van der Waals surface area contributed by atoms with E-state index < -0.39 is 21.5 Å². The lowest BCUT2D eigenvalue weighted by Gasteiger charge is -2.47. The predicted molar refractivity (Wildman–Crippen MR) is 174 cm³/mol. The van der Waals surface area contributed by atoms with Crippen LogP contribution in [0, 0.1) is 11.3 Å². The van der Waals surface area contributed by atoms with Crippen LogP contribution in [0.2, 0.25) is 10.0 Å². The number of nitrogens with one attached hydrogen (secondary N) is 1. The Morgan fingerprint density at radius 1 is 1.11 bits per heavy atom. The molecular formula is C31H28Cl2N8O4S. The third-order valence-corrected chi connectivity index (χ3v) is 10.3. The minimum Gasteiger partial charge on any atom is -0.444 e. The van der Waals surface area contributed by atoms with Crippen LogP contribution in [0.1, 0.15) is 18.9 Å². The van der Waals surface area contributed by atoms with E-state index in [9.17, 15) is 18.5 Å². The third kappa shape index (κ3) is 6.04. The number of rotatable bonds is 11. The standard InChI is InChI=1S/C31H28Cl2N8O4S/c1-2-46(43,44)40-17-31(18-40,11-12-34)41-16-22(15-37-41)28-23-10-13-39(30(23)36-19-35-28)20-45-27(42)14-21-6-3-4-9-26(21)38-29-24(32)7-5-8-25(29)33/h3-10,13,15-16,19,38H,2,11,14,17-18,20H2,1H3. The molecule has 4 heterocycles. The topological polar surface area (TPSA) is 148 Å². The van der Waals surface area contributed by atoms with Crippen molar-refractivity contribution in [1.82, 2.24) is 28.6 Å². The second-order valence-electron chi connectivity index (χ2n) is 10.8. The number of para-hydroxylation sites is 2. The largest absolute Gasteiger partial charge is 0.444 e. The van der Waals surface area contributed by atoms with Crippen molar-refractivity contribution >= 4 is 61.6 Å². The number of carbonyl (C=O) groups is 1. The minimum atomic E-state index is -3.37. The molecule has 12 nitrogen and oxygen atoms in total. The van der Waals surface area contributed by atoms with E-state index >= 15 is 0 Å². The fourth-order valence-electron chi connectivity index (χ4n) is 5.41. The average molecular weight is 680 g/mol. The van der Waals surface area contributed by atoms with E-state index in [1.165, 1.54) is 10.6 Å². The molecule has 6 rings (SSSR count). The number of hydrogen-bond acceptors (Lipinski definition) is 9. The van der Waals surface area contributed by atoms with E-state index in [4.69, 9.17) is 27.9 Å². The molecule has 0 aliphatic carbocycles. The molecule has 0 unspecified atom stereocenters. The van der Waals surface area contributed by atoms with Crippen LogP contribution in [0.15, 0.2) is 73.4 Å². The Balaban J connectivity index is 1.16. The summed E-state index contributed by atoms with van der Waals surface area (Å²) in [6, 6.07) is 16.5. The first kappa shape index (κ1) is 31.5. The second-order valence-corrected chi connectivity index (χ2v) is 13.9. The Morgan fingerprint density at radius 3 is 2.61 bits per heavy atom. The molecule has 5 aromatic rings. The molecule has 1 N–H and O–H groups in total. The third-order valence-electron chi connectivity index (χ3n) is 7.94. The fraction of sp³-hybridized carbons (Fsp3) is 0.258. The first-order valence-electron chi connectivity index (χ1n) is 14.3.